The third-order valence-electron chi connectivity index (χ3n) is 3.42. The van der Waals surface area contributed by atoms with Gasteiger partial charge in [-0.3, -0.25) is 4.79 Å². The van der Waals surface area contributed by atoms with Crippen LogP contribution in [0.25, 0.3) is 0 Å². The highest BCUT2D eigenvalue weighted by Gasteiger charge is 2.22. The Hall–Kier alpha value is -1.23. The van der Waals surface area contributed by atoms with Crippen LogP contribution in [0.3, 0.4) is 0 Å². The average molecular weight is 278 g/mol. The summed E-state index contributed by atoms with van der Waals surface area (Å²) in [5.41, 5.74) is 0.605. The lowest BCUT2D eigenvalue weighted by molar-refractivity contribution is 0.0951. The number of amides is 1. The van der Waals surface area contributed by atoms with Crippen molar-refractivity contribution >= 4 is 17.7 Å². The molecular formula is C14H18N2O2S. The first-order valence-corrected chi connectivity index (χ1v) is 7.95. The molecule has 1 unspecified atom stereocenters. The first-order valence-electron chi connectivity index (χ1n) is 6.80. The van der Waals surface area contributed by atoms with Gasteiger partial charge in [0.25, 0.3) is 5.91 Å². The number of nitrogens with one attached hydrogen (secondary N) is 1. The molecule has 1 aliphatic heterocycles. The highest BCUT2D eigenvalue weighted by molar-refractivity contribution is 7.99. The van der Waals surface area contributed by atoms with Crippen LogP contribution in [0.15, 0.2) is 18.3 Å². The minimum atomic E-state index is -0.0395. The van der Waals surface area contributed by atoms with E-state index in [1.54, 1.807) is 18.3 Å². The highest BCUT2D eigenvalue weighted by atomic mass is 32.2. The van der Waals surface area contributed by atoms with Crippen LogP contribution in [0, 0.1) is 5.92 Å². The maximum Gasteiger partial charge on any atom is 0.252 e. The average Bonchev–Trinajstić information content (AvgIpc) is 3.13. The van der Waals surface area contributed by atoms with Gasteiger partial charge in [0.15, 0.2) is 0 Å². The molecule has 3 rings (SSSR count). The van der Waals surface area contributed by atoms with E-state index in [2.05, 4.69) is 10.3 Å². The smallest absolute Gasteiger partial charge is 0.252 e. The van der Waals surface area contributed by atoms with Gasteiger partial charge in [0, 0.05) is 24.6 Å². The van der Waals surface area contributed by atoms with Crippen LogP contribution in [0.1, 0.15) is 29.6 Å². The fraction of sp³-hybridized carbons (Fsp3) is 0.571. The zero-order chi connectivity index (χ0) is 13.1. The molecule has 0 spiro atoms. The second kappa shape index (κ2) is 5.82. The highest BCUT2D eigenvalue weighted by Crippen LogP contribution is 2.27. The van der Waals surface area contributed by atoms with E-state index < -0.39 is 0 Å². The number of hydrogen-bond acceptors (Lipinski definition) is 4. The number of ether oxygens (including phenoxy) is 1. The van der Waals surface area contributed by atoms with E-state index in [1.165, 1.54) is 12.8 Å². The molecule has 19 heavy (non-hydrogen) atoms. The van der Waals surface area contributed by atoms with Gasteiger partial charge in [-0.2, -0.15) is 11.8 Å². The third-order valence-corrected chi connectivity index (χ3v) is 4.55. The van der Waals surface area contributed by atoms with Crippen molar-refractivity contribution in [3.8, 4) is 5.88 Å². The fourth-order valence-corrected chi connectivity index (χ4v) is 3.12. The van der Waals surface area contributed by atoms with Crippen molar-refractivity contribution in [1.82, 2.24) is 10.3 Å². The second-order valence-electron chi connectivity index (χ2n) is 5.14. The van der Waals surface area contributed by atoms with Crippen molar-refractivity contribution in [2.45, 2.75) is 25.4 Å². The van der Waals surface area contributed by atoms with E-state index in [0.29, 0.717) is 17.4 Å². The lowest BCUT2D eigenvalue weighted by Gasteiger charge is -2.11. The number of pyridine rings is 1. The zero-order valence-corrected chi connectivity index (χ0v) is 11.6. The lowest BCUT2D eigenvalue weighted by Crippen LogP contribution is -2.25. The van der Waals surface area contributed by atoms with E-state index >= 15 is 0 Å². The van der Waals surface area contributed by atoms with Gasteiger partial charge in [-0.05, 0) is 37.0 Å². The Labute approximate surface area is 117 Å². The molecule has 0 radical (unpaired) electrons. The van der Waals surface area contributed by atoms with E-state index in [-0.39, 0.29) is 12.0 Å². The van der Waals surface area contributed by atoms with Crippen LogP contribution in [0.5, 0.6) is 5.88 Å². The Balaban J connectivity index is 1.53. The third kappa shape index (κ3) is 3.62. The topological polar surface area (TPSA) is 51.2 Å². The van der Waals surface area contributed by atoms with Crippen molar-refractivity contribution in [3.63, 3.8) is 0 Å². The van der Waals surface area contributed by atoms with Crippen molar-refractivity contribution < 1.29 is 9.53 Å². The molecule has 1 atom stereocenters. The number of hydrogen-bond donors (Lipinski definition) is 1. The second-order valence-corrected chi connectivity index (χ2v) is 6.29. The van der Waals surface area contributed by atoms with Crippen LogP contribution in [0.2, 0.25) is 0 Å². The summed E-state index contributed by atoms with van der Waals surface area (Å²) in [5, 5.41) is 2.93. The number of rotatable bonds is 5. The Morgan fingerprint density at radius 3 is 2.95 bits per heavy atom. The predicted molar refractivity (Wildman–Crippen MR) is 75.7 cm³/mol. The summed E-state index contributed by atoms with van der Waals surface area (Å²) in [6.07, 6.45) is 5.43. The van der Waals surface area contributed by atoms with Gasteiger partial charge in [0.05, 0.1) is 5.56 Å². The van der Waals surface area contributed by atoms with E-state index in [9.17, 15) is 4.79 Å². The summed E-state index contributed by atoms with van der Waals surface area (Å²) in [4.78, 5) is 16.1. The molecule has 1 aromatic rings. The summed E-state index contributed by atoms with van der Waals surface area (Å²) in [6, 6.07) is 3.57. The summed E-state index contributed by atoms with van der Waals surface area (Å²) < 4.78 is 5.75. The Kier molecular flexibility index (Phi) is 3.92. The van der Waals surface area contributed by atoms with Crippen molar-refractivity contribution in [2.24, 2.45) is 5.92 Å². The molecule has 102 valence electrons. The normalized spacial score (nSPS) is 22.2. The number of carbonyl (C=O) groups excluding carboxylic acids is 1. The zero-order valence-electron chi connectivity index (χ0n) is 10.8. The number of nitrogens with zero attached hydrogens (tertiary/aromatic N) is 1. The molecular weight excluding hydrogens is 260 g/mol. The van der Waals surface area contributed by atoms with Crippen LogP contribution in [-0.4, -0.2) is 35.0 Å². The summed E-state index contributed by atoms with van der Waals surface area (Å²) in [7, 11) is 0. The maximum atomic E-state index is 11.8. The Bertz CT molecular complexity index is 439. The number of thioether (sulfide) groups is 1. The van der Waals surface area contributed by atoms with Gasteiger partial charge < -0.3 is 10.1 Å². The van der Waals surface area contributed by atoms with Crippen LogP contribution in [-0.2, 0) is 0 Å². The summed E-state index contributed by atoms with van der Waals surface area (Å²) >= 11 is 1.91. The van der Waals surface area contributed by atoms with E-state index in [1.807, 2.05) is 11.8 Å². The molecule has 1 saturated carbocycles. The molecule has 1 aromatic heterocycles. The monoisotopic (exact) mass is 278 g/mol. The molecule has 2 aliphatic rings. The standard InChI is InChI=1S/C14H18N2O2S/c17-14(16-7-10-1-2-10)11-3-4-13(15-8-11)18-12-5-6-19-9-12/h3-4,8,10,12H,1-2,5-7,9H2,(H,16,17). The van der Waals surface area contributed by atoms with Crippen molar-refractivity contribution in [1.29, 1.82) is 0 Å². The molecule has 1 saturated heterocycles. The largest absolute Gasteiger partial charge is 0.473 e. The van der Waals surface area contributed by atoms with E-state index in [0.717, 1.165) is 24.5 Å². The van der Waals surface area contributed by atoms with Gasteiger partial charge in [-0.15, -0.1) is 0 Å². The van der Waals surface area contributed by atoms with Crippen LogP contribution < -0.4 is 10.1 Å². The first-order chi connectivity index (χ1) is 9.31. The Morgan fingerprint density at radius 1 is 1.42 bits per heavy atom. The van der Waals surface area contributed by atoms with Crippen molar-refractivity contribution in [2.75, 3.05) is 18.1 Å². The molecule has 0 bridgehead atoms. The van der Waals surface area contributed by atoms with Gasteiger partial charge in [0.2, 0.25) is 5.88 Å². The molecule has 1 amide bonds. The molecule has 2 heterocycles. The molecule has 2 fully saturated rings. The maximum absolute atomic E-state index is 11.8. The SMILES string of the molecule is O=C(NCC1CC1)c1ccc(OC2CCSC2)nc1. The molecule has 0 aromatic carbocycles. The van der Waals surface area contributed by atoms with Gasteiger partial charge >= 0.3 is 0 Å². The summed E-state index contributed by atoms with van der Waals surface area (Å²) in [5.74, 6) is 3.46. The van der Waals surface area contributed by atoms with Gasteiger partial charge in [-0.1, -0.05) is 0 Å². The van der Waals surface area contributed by atoms with Crippen LogP contribution in [0.4, 0.5) is 0 Å². The molecule has 4 nitrogen and oxygen atoms in total. The van der Waals surface area contributed by atoms with Gasteiger partial charge in [0.1, 0.15) is 6.10 Å². The van der Waals surface area contributed by atoms with Gasteiger partial charge in [-0.25, -0.2) is 4.98 Å². The Morgan fingerprint density at radius 2 is 2.32 bits per heavy atom. The van der Waals surface area contributed by atoms with E-state index in [4.69, 9.17) is 4.74 Å². The number of carbonyl (C=O) groups is 1. The molecule has 1 N–H and O–H groups in total. The first kappa shape index (κ1) is 12.8. The predicted octanol–water partition coefficient (Wildman–Crippen LogP) is 2.11. The fourth-order valence-electron chi connectivity index (χ4n) is 2.02. The minimum Gasteiger partial charge on any atom is -0.473 e. The number of aromatic nitrogens is 1. The quantitative estimate of drug-likeness (QED) is 0.896. The van der Waals surface area contributed by atoms with Crippen LogP contribution >= 0.6 is 11.8 Å². The molecule has 5 heteroatoms. The lowest BCUT2D eigenvalue weighted by atomic mass is 10.2. The van der Waals surface area contributed by atoms with Crippen molar-refractivity contribution in [3.05, 3.63) is 23.9 Å². The summed E-state index contributed by atoms with van der Waals surface area (Å²) in [6.45, 7) is 0.788. The minimum absolute atomic E-state index is 0.0395. The molecule has 1 aliphatic carbocycles.